The van der Waals surface area contributed by atoms with Crippen LogP contribution in [0.25, 0.3) is 10.9 Å². The van der Waals surface area contributed by atoms with Gasteiger partial charge in [0.2, 0.25) is 0 Å². The molecule has 1 aromatic heterocycles. The number of aromatic nitrogens is 1. The lowest BCUT2D eigenvalue weighted by molar-refractivity contribution is 0.138. The molecule has 114 valence electrons. The molecule has 3 rings (SSSR count). The summed E-state index contributed by atoms with van der Waals surface area (Å²) in [5, 5.41) is 1.36. The van der Waals surface area contributed by atoms with Crippen molar-refractivity contribution in [2.45, 2.75) is 38.8 Å². The molecule has 1 atom stereocenters. The highest BCUT2D eigenvalue weighted by Gasteiger charge is 2.20. The summed E-state index contributed by atoms with van der Waals surface area (Å²) in [6.45, 7) is 5.65. The third kappa shape index (κ3) is 3.14. The van der Waals surface area contributed by atoms with Crippen molar-refractivity contribution in [3.05, 3.63) is 35.5 Å². The molecule has 2 heterocycles. The Kier molecular flexibility index (Phi) is 4.32. The first-order valence-corrected chi connectivity index (χ1v) is 8.10. The smallest absolute Gasteiger partial charge is 0.0459 e. The Balaban J connectivity index is 1.68. The van der Waals surface area contributed by atoms with E-state index in [9.17, 15) is 0 Å². The van der Waals surface area contributed by atoms with Crippen LogP contribution in [0.15, 0.2) is 24.3 Å². The zero-order valence-electron chi connectivity index (χ0n) is 13.5. The lowest BCUT2D eigenvalue weighted by Gasteiger charge is -2.35. The van der Waals surface area contributed by atoms with Crippen LogP contribution in [0.5, 0.6) is 0 Å². The van der Waals surface area contributed by atoms with Gasteiger partial charge in [0.25, 0.3) is 0 Å². The summed E-state index contributed by atoms with van der Waals surface area (Å²) in [4.78, 5) is 8.58. The van der Waals surface area contributed by atoms with Crippen LogP contribution in [0.3, 0.4) is 0 Å². The minimum absolute atomic E-state index is 0.716. The van der Waals surface area contributed by atoms with Crippen molar-refractivity contribution in [2.24, 2.45) is 0 Å². The van der Waals surface area contributed by atoms with Gasteiger partial charge in [0, 0.05) is 35.7 Å². The molecule has 3 heteroatoms. The number of likely N-dealkylation sites (tertiary alicyclic amines) is 1. The maximum absolute atomic E-state index is 3.59. The Labute approximate surface area is 127 Å². The topological polar surface area (TPSA) is 22.3 Å². The van der Waals surface area contributed by atoms with E-state index in [4.69, 9.17) is 0 Å². The van der Waals surface area contributed by atoms with E-state index in [0.717, 1.165) is 13.1 Å². The number of piperidine rings is 1. The average Bonchev–Trinajstić information content (AvgIpc) is 2.78. The van der Waals surface area contributed by atoms with Crippen LogP contribution < -0.4 is 0 Å². The van der Waals surface area contributed by atoms with Gasteiger partial charge >= 0.3 is 0 Å². The van der Waals surface area contributed by atoms with Gasteiger partial charge in [-0.2, -0.15) is 0 Å². The van der Waals surface area contributed by atoms with Gasteiger partial charge in [0.05, 0.1) is 0 Å². The SMILES string of the molecule is Cc1c(CN(C)C[C@H]2CCCCN2C)[nH]c2ccccc12. The summed E-state index contributed by atoms with van der Waals surface area (Å²) in [5.74, 6) is 0. The highest BCUT2D eigenvalue weighted by Crippen LogP contribution is 2.23. The average molecular weight is 285 g/mol. The number of rotatable bonds is 4. The van der Waals surface area contributed by atoms with Gasteiger partial charge < -0.3 is 9.88 Å². The van der Waals surface area contributed by atoms with Crippen molar-refractivity contribution in [2.75, 3.05) is 27.2 Å². The van der Waals surface area contributed by atoms with Crippen molar-refractivity contribution in [3.63, 3.8) is 0 Å². The van der Waals surface area contributed by atoms with E-state index in [-0.39, 0.29) is 0 Å². The lowest BCUT2D eigenvalue weighted by atomic mass is 10.0. The molecular formula is C18H27N3. The number of nitrogens with zero attached hydrogens (tertiary/aromatic N) is 2. The molecule has 0 aliphatic carbocycles. The normalized spacial score (nSPS) is 20.5. The van der Waals surface area contributed by atoms with Crippen LogP contribution >= 0.6 is 0 Å². The van der Waals surface area contributed by atoms with Crippen molar-refractivity contribution in [1.82, 2.24) is 14.8 Å². The number of benzene rings is 1. The van der Waals surface area contributed by atoms with Crippen LogP contribution in [-0.2, 0) is 6.54 Å². The number of aromatic amines is 1. The highest BCUT2D eigenvalue weighted by atomic mass is 15.2. The molecule has 1 N–H and O–H groups in total. The molecule has 1 aliphatic rings. The quantitative estimate of drug-likeness (QED) is 0.930. The molecule has 2 aromatic rings. The van der Waals surface area contributed by atoms with E-state index in [1.54, 1.807) is 0 Å². The molecule has 1 aromatic carbocycles. The standard InChI is InChI=1S/C18H27N3/c1-14-16-9-4-5-10-17(16)19-18(14)13-20(2)12-15-8-6-7-11-21(15)3/h4-5,9-10,15,19H,6-8,11-13H2,1-3H3/t15-/m1/s1. The van der Waals surface area contributed by atoms with Gasteiger partial charge in [-0.25, -0.2) is 0 Å². The maximum atomic E-state index is 3.59. The van der Waals surface area contributed by atoms with E-state index in [1.165, 1.54) is 48.0 Å². The molecule has 21 heavy (non-hydrogen) atoms. The van der Waals surface area contributed by atoms with Crippen molar-refractivity contribution < 1.29 is 0 Å². The molecule has 3 nitrogen and oxygen atoms in total. The number of hydrogen-bond acceptors (Lipinski definition) is 2. The monoisotopic (exact) mass is 285 g/mol. The van der Waals surface area contributed by atoms with Gasteiger partial charge in [-0.05, 0) is 52.0 Å². The Hall–Kier alpha value is -1.32. The Morgan fingerprint density at radius 3 is 2.86 bits per heavy atom. The predicted molar refractivity (Wildman–Crippen MR) is 89.6 cm³/mol. The molecule has 0 unspecified atom stereocenters. The first kappa shape index (κ1) is 14.6. The Bertz CT molecular complexity index is 602. The predicted octanol–water partition coefficient (Wildman–Crippen LogP) is 3.39. The van der Waals surface area contributed by atoms with E-state index in [2.05, 4.69) is 60.1 Å². The molecule has 0 bridgehead atoms. The maximum Gasteiger partial charge on any atom is 0.0459 e. The van der Waals surface area contributed by atoms with Crippen LogP contribution in [0.1, 0.15) is 30.5 Å². The van der Waals surface area contributed by atoms with Gasteiger partial charge in [-0.15, -0.1) is 0 Å². The molecule has 0 spiro atoms. The van der Waals surface area contributed by atoms with E-state index >= 15 is 0 Å². The fourth-order valence-electron chi connectivity index (χ4n) is 3.57. The van der Waals surface area contributed by atoms with Gasteiger partial charge in [0.15, 0.2) is 0 Å². The highest BCUT2D eigenvalue weighted by molar-refractivity contribution is 5.84. The molecule has 1 saturated heterocycles. The van der Waals surface area contributed by atoms with Crippen LogP contribution in [0, 0.1) is 6.92 Å². The second-order valence-corrected chi connectivity index (χ2v) is 6.60. The molecular weight excluding hydrogens is 258 g/mol. The summed E-state index contributed by atoms with van der Waals surface area (Å²) < 4.78 is 0. The first-order chi connectivity index (χ1) is 10.1. The molecule has 1 fully saturated rings. The minimum atomic E-state index is 0.716. The fourth-order valence-corrected chi connectivity index (χ4v) is 3.57. The Morgan fingerprint density at radius 1 is 1.29 bits per heavy atom. The largest absolute Gasteiger partial charge is 0.357 e. The number of para-hydroxylation sites is 1. The second kappa shape index (κ2) is 6.20. The van der Waals surface area contributed by atoms with Gasteiger partial charge in [-0.3, -0.25) is 4.90 Å². The number of H-pyrrole nitrogens is 1. The molecule has 0 saturated carbocycles. The number of likely N-dealkylation sites (N-methyl/N-ethyl adjacent to an activating group) is 2. The number of hydrogen-bond donors (Lipinski definition) is 1. The molecule has 1 aliphatic heterocycles. The summed E-state index contributed by atoms with van der Waals surface area (Å²) in [6, 6.07) is 9.31. The number of fused-ring (bicyclic) bond motifs is 1. The van der Waals surface area contributed by atoms with Crippen molar-refractivity contribution in [3.8, 4) is 0 Å². The van der Waals surface area contributed by atoms with E-state index < -0.39 is 0 Å². The Morgan fingerprint density at radius 2 is 2.10 bits per heavy atom. The van der Waals surface area contributed by atoms with Gasteiger partial charge in [0.1, 0.15) is 0 Å². The van der Waals surface area contributed by atoms with E-state index in [0.29, 0.717) is 6.04 Å². The van der Waals surface area contributed by atoms with E-state index in [1.807, 2.05) is 0 Å². The van der Waals surface area contributed by atoms with Crippen LogP contribution in [0.2, 0.25) is 0 Å². The van der Waals surface area contributed by atoms with Crippen molar-refractivity contribution in [1.29, 1.82) is 0 Å². The van der Waals surface area contributed by atoms with Crippen LogP contribution in [0.4, 0.5) is 0 Å². The summed E-state index contributed by atoms with van der Waals surface area (Å²) in [7, 11) is 4.51. The first-order valence-electron chi connectivity index (χ1n) is 8.10. The number of aryl methyl sites for hydroxylation is 1. The second-order valence-electron chi connectivity index (χ2n) is 6.60. The molecule has 0 amide bonds. The third-order valence-electron chi connectivity index (χ3n) is 4.94. The van der Waals surface area contributed by atoms with Crippen molar-refractivity contribution >= 4 is 10.9 Å². The third-order valence-corrected chi connectivity index (χ3v) is 4.94. The number of nitrogens with one attached hydrogen (secondary N) is 1. The lowest BCUT2D eigenvalue weighted by Crippen LogP contribution is -2.43. The zero-order chi connectivity index (χ0) is 14.8. The summed E-state index contributed by atoms with van der Waals surface area (Å²) >= 11 is 0. The molecule has 0 radical (unpaired) electrons. The minimum Gasteiger partial charge on any atom is -0.357 e. The zero-order valence-corrected chi connectivity index (χ0v) is 13.5. The summed E-state index contributed by atoms with van der Waals surface area (Å²) in [6.07, 6.45) is 4.08. The van der Waals surface area contributed by atoms with Gasteiger partial charge in [-0.1, -0.05) is 24.6 Å². The summed E-state index contributed by atoms with van der Waals surface area (Å²) in [5.41, 5.74) is 4.01. The van der Waals surface area contributed by atoms with Crippen LogP contribution in [-0.4, -0.2) is 48.0 Å². The fraction of sp³-hybridized carbons (Fsp3) is 0.556.